The summed E-state index contributed by atoms with van der Waals surface area (Å²) in [7, 11) is 3.14. The normalized spacial score (nSPS) is 18.5. The number of carbonyl (C=O) groups is 1. The Bertz CT molecular complexity index is 1030. The second-order valence-electron chi connectivity index (χ2n) is 6.70. The maximum atomic E-state index is 13.4. The predicted octanol–water partition coefficient (Wildman–Crippen LogP) is 4.46. The van der Waals surface area contributed by atoms with Gasteiger partial charge in [-0.05, 0) is 32.0 Å². The Hall–Kier alpha value is -3.59. The van der Waals surface area contributed by atoms with Gasteiger partial charge in [-0.2, -0.15) is 0 Å². The third-order valence-corrected chi connectivity index (χ3v) is 5.00. The summed E-state index contributed by atoms with van der Waals surface area (Å²) in [6.07, 6.45) is 0. The number of hydrogen-bond donors (Lipinski definition) is 1. The first kappa shape index (κ1) is 20.2. The van der Waals surface area contributed by atoms with E-state index in [1.54, 1.807) is 33.3 Å². The van der Waals surface area contributed by atoms with Crippen LogP contribution in [0.5, 0.6) is 11.5 Å². The second kappa shape index (κ2) is 8.61. The Morgan fingerprint density at radius 3 is 2.31 bits per heavy atom. The largest absolute Gasteiger partial charge is 0.496 e. The minimum Gasteiger partial charge on any atom is -0.496 e. The summed E-state index contributed by atoms with van der Waals surface area (Å²) < 4.78 is 10.9. The highest BCUT2D eigenvalue weighted by Crippen LogP contribution is 2.41. The molecular weight excluding hydrogens is 366 g/mol. The number of para-hydroxylation sites is 3. The number of aliphatic imine (C=N–C) groups is 1. The summed E-state index contributed by atoms with van der Waals surface area (Å²) in [5.41, 5.74) is 3.07. The number of rotatable bonds is 5. The van der Waals surface area contributed by atoms with Gasteiger partial charge in [0.15, 0.2) is 0 Å². The number of amides is 1. The number of methoxy groups -OCH3 is 2. The quantitative estimate of drug-likeness (QED) is 0.768. The Morgan fingerprint density at radius 1 is 1.03 bits per heavy atom. The van der Waals surface area contributed by atoms with Crippen LogP contribution < -0.4 is 14.8 Å². The van der Waals surface area contributed by atoms with Gasteiger partial charge in [-0.1, -0.05) is 30.3 Å². The third-order valence-electron chi connectivity index (χ3n) is 5.00. The fourth-order valence-corrected chi connectivity index (χ4v) is 3.67. The lowest BCUT2D eigenvalue weighted by atomic mass is 9.79. The molecule has 1 N–H and O–H groups in total. The van der Waals surface area contributed by atoms with Crippen molar-refractivity contribution < 1.29 is 14.3 Å². The van der Waals surface area contributed by atoms with E-state index in [0.717, 1.165) is 5.56 Å². The van der Waals surface area contributed by atoms with Crippen molar-refractivity contribution in [1.29, 1.82) is 0 Å². The number of carbonyl (C=O) groups excluding carboxylic acids is 1. The standard InChI is InChI=1S/C23H23N3O3/c1-14-20(23(27)26-17-11-7-9-13-19(17)29-5)21(22(24-3)15(2)25-14)16-10-6-8-12-18(16)28-4/h6-13,21-22H,1-2,4-5H3,(H,26,27). The molecule has 0 aromatic heterocycles. The summed E-state index contributed by atoms with van der Waals surface area (Å²) >= 11 is 0. The minimum atomic E-state index is -0.589. The summed E-state index contributed by atoms with van der Waals surface area (Å²) in [4.78, 5) is 21.7. The van der Waals surface area contributed by atoms with Gasteiger partial charge in [0.05, 0.1) is 31.2 Å². The lowest BCUT2D eigenvalue weighted by Gasteiger charge is -2.27. The highest BCUT2D eigenvalue weighted by molar-refractivity contribution is 6.09. The molecule has 2 unspecified atom stereocenters. The zero-order valence-electron chi connectivity index (χ0n) is 16.9. The van der Waals surface area contributed by atoms with Crippen LogP contribution in [0, 0.1) is 6.57 Å². The van der Waals surface area contributed by atoms with E-state index in [1.807, 2.05) is 43.3 Å². The maximum Gasteiger partial charge on any atom is 0.272 e. The van der Waals surface area contributed by atoms with Gasteiger partial charge in [-0.25, -0.2) is 6.57 Å². The van der Waals surface area contributed by atoms with Crippen LogP contribution in [0.1, 0.15) is 25.3 Å². The van der Waals surface area contributed by atoms with E-state index in [0.29, 0.717) is 34.2 Å². The second-order valence-corrected chi connectivity index (χ2v) is 6.70. The number of allylic oxidation sites excluding steroid dienone is 1. The van der Waals surface area contributed by atoms with Crippen LogP contribution in [-0.2, 0) is 4.79 Å². The number of hydrogen-bond acceptors (Lipinski definition) is 4. The van der Waals surface area contributed by atoms with Gasteiger partial charge in [0, 0.05) is 11.3 Å². The predicted molar refractivity (Wildman–Crippen MR) is 114 cm³/mol. The molecule has 0 saturated heterocycles. The molecule has 0 bridgehead atoms. The average molecular weight is 389 g/mol. The van der Waals surface area contributed by atoms with Crippen LogP contribution in [0.4, 0.5) is 5.69 Å². The number of nitrogens with one attached hydrogen (secondary N) is 1. The summed E-state index contributed by atoms with van der Waals surface area (Å²) in [6.45, 7) is 11.4. The highest BCUT2D eigenvalue weighted by atomic mass is 16.5. The van der Waals surface area contributed by atoms with Gasteiger partial charge in [0.1, 0.15) is 17.4 Å². The molecule has 2 aromatic rings. The Morgan fingerprint density at radius 2 is 1.66 bits per heavy atom. The summed E-state index contributed by atoms with van der Waals surface area (Å²) in [5.74, 6) is 0.394. The van der Waals surface area contributed by atoms with Crippen LogP contribution in [0.3, 0.4) is 0 Å². The van der Waals surface area contributed by atoms with Crippen LogP contribution in [0.2, 0.25) is 0 Å². The Balaban J connectivity index is 2.11. The van der Waals surface area contributed by atoms with Gasteiger partial charge in [0.25, 0.3) is 11.9 Å². The first-order valence-corrected chi connectivity index (χ1v) is 9.21. The van der Waals surface area contributed by atoms with Crippen molar-refractivity contribution in [2.45, 2.75) is 25.8 Å². The number of benzene rings is 2. The lowest BCUT2D eigenvalue weighted by Crippen LogP contribution is -2.34. The first-order valence-electron chi connectivity index (χ1n) is 9.21. The molecule has 3 rings (SSSR count). The Kier molecular flexibility index (Phi) is 5.99. The molecule has 0 saturated carbocycles. The molecule has 0 aliphatic carbocycles. The molecule has 148 valence electrons. The third kappa shape index (κ3) is 3.85. The fraction of sp³-hybridized carbons (Fsp3) is 0.261. The number of nitrogens with zero attached hydrogens (tertiary/aromatic N) is 2. The summed E-state index contributed by atoms with van der Waals surface area (Å²) in [6, 6.07) is 14.1. The van der Waals surface area contributed by atoms with Crippen molar-refractivity contribution in [3.63, 3.8) is 0 Å². The fourth-order valence-electron chi connectivity index (χ4n) is 3.67. The zero-order chi connectivity index (χ0) is 21.0. The minimum absolute atomic E-state index is 0.312. The molecule has 0 radical (unpaired) electrons. The summed E-state index contributed by atoms with van der Waals surface area (Å²) in [5, 5.41) is 2.92. The molecule has 1 amide bonds. The van der Waals surface area contributed by atoms with Gasteiger partial charge in [-0.3, -0.25) is 9.79 Å². The van der Waals surface area contributed by atoms with Gasteiger partial charge in [-0.15, -0.1) is 0 Å². The molecule has 2 atom stereocenters. The first-order chi connectivity index (χ1) is 14.0. The topological polar surface area (TPSA) is 64.3 Å². The van der Waals surface area contributed by atoms with Crippen LogP contribution in [0.25, 0.3) is 4.85 Å². The van der Waals surface area contributed by atoms with Crippen molar-refractivity contribution in [1.82, 2.24) is 0 Å². The molecule has 29 heavy (non-hydrogen) atoms. The van der Waals surface area contributed by atoms with Gasteiger partial charge < -0.3 is 19.6 Å². The SMILES string of the molecule is [C-]#[N+]C1C(C)=NC(C)=C(C(=O)Nc2ccccc2OC)C1c1ccccc1OC. The van der Waals surface area contributed by atoms with Crippen LogP contribution in [0.15, 0.2) is 64.8 Å². The van der Waals surface area contributed by atoms with Crippen molar-refractivity contribution in [2.75, 3.05) is 19.5 Å². The monoisotopic (exact) mass is 389 g/mol. The number of ether oxygens (including phenoxy) is 2. The highest BCUT2D eigenvalue weighted by Gasteiger charge is 2.42. The van der Waals surface area contributed by atoms with E-state index in [2.05, 4.69) is 15.2 Å². The van der Waals surface area contributed by atoms with Crippen LogP contribution in [-0.4, -0.2) is 31.9 Å². The van der Waals surface area contributed by atoms with E-state index in [9.17, 15) is 4.79 Å². The lowest BCUT2D eigenvalue weighted by molar-refractivity contribution is -0.113. The molecule has 1 aliphatic rings. The van der Waals surface area contributed by atoms with E-state index in [-0.39, 0.29) is 5.91 Å². The molecule has 6 heteroatoms. The average Bonchev–Trinajstić information content (AvgIpc) is 2.73. The van der Waals surface area contributed by atoms with Crippen molar-refractivity contribution in [3.8, 4) is 11.5 Å². The van der Waals surface area contributed by atoms with Crippen LogP contribution >= 0.6 is 0 Å². The van der Waals surface area contributed by atoms with E-state index < -0.39 is 12.0 Å². The molecular formula is C23H23N3O3. The molecule has 0 fully saturated rings. The van der Waals surface area contributed by atoms with Crippen molar-refractivity contribution in [2.24, 2.45) is 4.99 Å². The van der Waals surface area contributed by atoms with Crippen molar-refractivity contribution in [3.05, 3.63) is 76.8 Å². The molecule has 2 aromatic carbocycles. The smallest absolute Gasteiger partial charge is 0.272 e. The molecule has 6 nitrogen and oxygen atoms in total. The van der Waals surface area contributed by atoms with Crippen molar-refractivity contribution >= 4 is 17.3 Å². The zero-order valence-corrected chi connectivity index (χ0v) is 16.9. The van der Waals surface area contributed by atoms with Gasteiger partial charge >= 0.3 is 0 Å². The van der Waals surface area contributed by atoms with Gasteiger partial charge in [0.2, 0.25) is 0 Å². The maximum absolute atomic E-state index is 13.4. The van der Waals surface area contributed by atoms with E-state index >= 15 is 0 Å². The number of anilines is 1. The molecule has 1 aliphatic heterocycles. The molecule has 0 spiro atoms. The molecule has 1 heterocycles. The van der Waals surface area contributed by atoms with E-state index in [1.165, 1.54) is 0 Å². The Labute approximate surface area is 170 Å². The van der Waals surface area contributed by atoms with E-state index in [4.69, 9.17) is 16.0 Å².